The normalized spacial score (nSPS) is 10.5. The zero-order valence-electron chi connectivity index (χ0n) is 12.4. The molecule has 0 aliphatic carbocycles. The maximum atomic E-state index is 12.2. The molecule has 0 saturated carbocycles. The van der Waals surface area contributed by atoms with E-state index in [1.807, 2.05) is 12.1 Å². The summed E-state index contributed by atoms with van der Waals surface area (Å²) in [6.07, 6.45) is 0. The van der Waals surface area contributed by atoms with Gasteiger partial charge in [-0.3, -0.25) is 4.79 Å². The number of carbonyl (C=O) groups excluding carboxylic acids is 2. The number of methoxy groups -OCH3 is 1. The van der Waals surface area contributed by atoms with Crippen molar-refractivity contribution in [1.29, 1.82) is 0 Å². The maximum Gasteiger partial charge on any atom is 0.337 e. The van der Waals surface area contributed by atoms with E-state index in [1.165, 1.54) is 18.4 Å². The van der Waals surface area contributed by atoms with E-state index < -0.39 is 0 Å². The van der Waals surface area contributed by atoms with Crippen molar-refractivity contribution in [3.05, 3.63) is 64.7 Å². The molecule has 0 radical (unpaired) electrons. The number of rotatable bonds is 4. The Bertz CT molecular complexity index is 856. The van der Waals surface area contributed by atoms with Gasteiger partial charge in [0.25, 0.3) is 5.91 Å². The van der Waals surface area contributed by atoms with Crippen LogP contribution in [0.25, 0.3) is 10.2 Å². The second-order valence-electron chi connectivity index (χ2n) is 4.91. The summed E-state index contributed by atoms with van der Waals surface area (Å²) in [6.45, 7) is 0.390. The van der Waals surface area contributed by atoms with Gasteiger partial charge < -0.3 is 10.1 Å². The molecule has 0 atom stereocenters. The van der Waals surface area contributed by atoms with Crippen LogP contribution in [0, 0.1) is 0 Å². The Balaban J connectivity index is 1.65. The Morgan fingerprint density at radius 2 is 1.87 bits per heavy atom. The summed E-state index contributed by atoms with van der Waals surface area (Å²) in [5, 5.41) is 2.86. The predicted molar refractivity (Wildman–Crippen MR) is 88.6 cm³/mol. The molecule has 0 aliphatic rings. The Morgan fingerprint density at radius 1 is 1.13 bits per heavy atom. The first-order chi connectivity index (χ1) is 11.2. The fourth-order valence-electron chi connectivity index (χ4n) is 2.16. The third-order valence-corrected chi connectivity index (χ3v) is 4.21. The van der Waals surface area contributed by atoms with Crippen molar-refractivity contribution in [2.45, 2.75) is 6.54 Å². The molecular weight excluding hydrogens is 312 g/mol. The minimum atomic E-state index is -0.376. The van der Waals surface area contributed by atoms with Crippen LogP contribution in [0.15, 0.2) is 48.0 Å². The molecule has 1 N–H and O–H groups in total. The van der Waals surface area contributed by atoms with Gasteiger partial charge in [-0.05, 0) is 35.9 Å². The quantitative estimate of drug-likeness (QED) is 0.748. The second kappa shape index (κ2) is 6.58. The molecule has 1 aromatic heterocycles. The van der Waals surface area contributed by atoms with Gasteiger partial charge in [-0.2, -0.15) is 0 Å². The number of hydrogen-bond acceptors (Lipinski definition) is 5. The molecule has 0 saturated heterocycles. The van der Waals surface area contributed by atoms with Gasteiger partial charge in [-0.25, -0.2) is 9.78 Å². The van der Waals surface area contributed by atoms with Crippen LogP contribution in [0.1, 0.15) is 26.3 Å². The number of esters is 1. The lowest BCUT2D eigenvalue weighted by molar-refractivity contribution is 0.0600. The van der Waals surface area contributed by atoms with Crippen molar-refractivity contribution < 1.29 is 14.3 Å². The first-order valence-corrected chi connectivity index (χ1v) is 7.84. The van der Waals surface area contributed by atoms with Gasteiger partial charge in [-0.15, -0.1) is 11.3 Å². The number of ether oxygens (including phenoxy) is 1. The number of hydrogen-bond donors (Lipinski definition) is 1. The summed E-state index contributed by atoms with van der Waals surface area (Å²) in [5.41, 5.74) is 4.65. The average Bonchev–Trinajstić information content (AvgIpc) is 3.07. The Morgan fingerprint density at radius 3 is 2.61 bits per heavy atom. The number of benzene rings is 2. The number of carbonyl (C=O) groups is 2. The third kappa shape index (κ3) is 3.37. The predicted octanol–water partition coefficient (Wildman–Crippen LogP) is 3.01. The Kier molecular flexibility index (Phi) is 4.34. The van der Waals surface area contributed by atoms with Crippen LogP contribution in [0.5, 0.6) is 0 Å². The molecule has 0 aliphatic heterocycles. The lowest BCUT2D eigenvalue weighted by Crippen LogP contribution is -2.22. The minimum Gasteiger partial charge on any atom is -0.465 e. The number of amides is 1. The topological polar surface area (TPSA) is 68.3 Å². The van der Waals surface area contributed by atoms with Gasteiger partial charge in [-0.1, -0.05) is 12.1 Å². The fraction of sp³-hybridized carbons (Fsp3) is 0.118. The van der Waals surface area contributed by atoms with E-state index in [0.29, 0.717) is 17.7 Å². The molecule has 0 spiro atoms. The maximum absolute atomic E-state index is 12.2. The van der Waals surface area contributed by atoms with Crippen LogP contribution >= 0.6 is 11.3 Å². The molecule has 5 nitrogen and oxygen atoms in total. The fourth-order valence-corrected chi connectivity index (χ4v) is 2.87. The van der Waals surface area contributed by atoms with E-state index in [2.05, 4.69) is 15.0 Å². The summed E-state index contributed by atoms with van der Waals surface area (Å²) in [7, 11) is 1.34. The highest BCUT2D eigenvalue weighted by Crippen LogP contribution is 2.19. The first kappa shape index (κ1) is 15.2. The molecule has 1 amide bonds. The van der Waals surface area contributed by atoms with E-state index in [9.17, 15) is 9.59 Å². The van der Waals surface area contributed by atoms with E-state index in [0.717, 1.165) is 15.8 Å². The molecule has 1 heterocycles. The molecule has 0 fully saturated rings. The van der Waals surface area contributed by atoms with E-state index in [4.69, 9.17) is 0 Å². The highest BCUT2D eigenvalue weighted by Gasteiger charge is 2.08. The van der Waals surface area contributed by atoms with Crippen molar-refractivity contribution in [3.8, 4) is 0 Å². The zero-order chi connectivity index (χ0) is 16.2. The summed E-state index contributed by atoms with van der Waals surface area (Å²) >= 11 is 1.50. The summed E-state index contributed by atoms with van der Waals surface area (Å²) in [6, 6.07) is 12.4. The highest BCUT2D eigenvalue weighted by atomic mass is 32.1. The van der Waals surface area contributed by atoms with Gasteiger partial charge in [0, 0.05) is 12.1 Å². The number of aromatic nitrogens is 1. The molecule has 3 aromatic rings. The minimum absolute atomic E-state index is 0.141. The SMILES string of the molecule is COC(=O)c1ccc(CNC(=O)c2ccc3ncsc3c2)cc1. The first-order valence-electron chi connectivity index (χ1n) is 6.96. The smallest absolute Gasteiger partial charge is 0.337 e. The third-order valence-electron chi connectivity index (χ3n) is 3.42. The number of nitrogens with zero attached hydrogens (tertiary/aromatic N) is 1. The van der Waals surface area contributed by atoms with Crippen LogP contribution in [0.2, 0.25) is 0 Å². The highest BCUT2D eigenvalue weighted by molar-refractivity contribution is 7.16. The molecular formula is C17H14N2O3S. The van der Waals surface area contributed by atoms with Crippen LogP contribution in [-0.4, -0.2) is 24.0 Å². The molecule has 0 unspecified atom stereocenters. The van der Waals surface area contributed by atoms with Crippen molar-refractivity contribution >= 4 is 33.4 Å². The van der Waals surface area contributed by atoms with E-state index in [1.54, 1.807) is 35.8 Å². The molecule has 2 aromatic carbocycles. The van der Waals surface area contributed by atoms with Crippen molar-refractivity contribution in [2.24, 2.45) is 0 Å². The van der Waals surface area contributed by atoms with E-state index in [-0.39, 0.29) is 11.9 Å². The Hall–Kier alpha value is -2.73. The molecule has 0 bridgehead atoms. The van der Waals surface area contributed by atoms with Gasteiger partial charge in [0.2, 0.25) is 0 Å². The molecule has 6 heteroatoms. The summed E-state index contributed by atoms with van der Waals surface area (Å²) in [5.74, 6) is -0.518. The number of fused-ring (bicyclic) bond motifs is 1. The van der Waals surface area contributed by atoms with Crippen LogP contribution in [-0.2, 0) is 11.3 Å². The zero-order valence-corrected chi connectivity index (χ0v) is 13.2. The van der Waals surface area contributed by atoms with Gasteiger partial charge in [0.05, 0.1) is 28.4 Å². The van der Waals surface area contributed by atoms with Crippen LogP contribution < -0.4 is 5.32 Å². The van der Waals surface area contributed by atoms with Crippen molar-refractivity contribution in [3.63, 3.8) is 0 Å². The number of nitrogens with one attached hydrogen (secondary N) is 1. The lowest BCUT2D eigenvalue weighted by atomic mass is 10.1. The van der Waals surface area contributed by atoms with Crippen LogP contribution in [0.4, 0.5) is 0 Å². The van der Waals surface area contributed by atoms with Crippen molar-refractivity contribution in [1.82, 2.24) is 10.3 Å². The summed E-state index contributed by atoms with van der Waals surface area (Å²) < 4.78 is 5.63. The summed E-state index contributed by atoms with van der Waals surface area (Å²) in [4.78, 5) is 27.8. The molecule has 116 valence electrons. The molecule has 3 rings (SSSR count). The van der Waals surface area contributed by atoms with Gasteiger partial charge >= 0.3 is 5.97 Å². The van der Waals surface area contributed by atoms with Crippen molar-refractivity contribution in [2.75, 3.05) is 7.11 Å². The van der Waals surface area contributed by atoms with Crippen LogP contribution in [0.3, 0.4) is 0 Å². The largest absolute Gasteiger partial charge is 0.465 e. The lowest BCUT2D eigenvalue weighted by Gasteiger charge is -2.06. The standard InChI is InChI=1S/C17H14N2O3S/c1-22-17(21)12-4-2-11(3-5-12)9-18-16(20)13-6-7-14-15(8-13)23-10-19-14/h2-8,10H,9H2,1H3,(H,18,20). The number of thiazole rings is 1. The van der Waals surface area contributed by atoms with Gasteiger partial charge in [0.1, 0.15) is 0 Å². The average molecular weight is 326 g/mol. The van der Waals surface area contributed by atoms with Gasteiger partial charge in [0.15, 0.2) is 0 Å². The Labute approximate surface area is 136 Å². The second-order valence-corrected chi connectivity index (χ2v) is 5.79. The monoisotopic (exact) mass is 326 g/mol. The van der Waals surface area contributed by atoms with E-state index >= 15 is 0 Å². The molecule has 23 heavy (non-hydrogen) atoms.